The molecule has 0 radical (unpaired) electrons. The van der Waals surface area contributed by atoms with Crippen LogP contribution < -0.4 is 0 Å². The molecule has 1 N–H and O–H groups in total. The van der Waals surface area contributed by atoms with Gasteiger partial charge in [-0.15, -0.1) is 0 Å². The number of aliphatic hydroxyl groups excluding tert-OH is 1. The van der Waals surface area contributed by atoms with Crippen LogP contribution in [0, 0.1) is 0 Å². The summed E-state index contributed by atoms with van der Waals surface area (Å²) in [5.41, 5.74) is 0.476. The Hall–Kier alpha value is -0.890. The molecule has 0 aliphatic rings. The van der Waals surface area contributed by atoms with Gasteiger partial charge in [-0.2, -0.15) is 0 Å². The lowest BCUT2D eigenvalue weighted by Gasteiger charge is -2.07. The van der Waals surface area contributed by atoms with Gasteiger partial charge in [0.05, 0.1) is 6.10 Å². The topological polar surface area (TPSA) is 37.3 Å². The molecule has 0 fully saturated rings. The average molecular weight is 210 g/mol. The van der Waals surface area contributed by atoms with Crippen LogP contribution in [0.4, 0.5) is 0 Å². The number of carbonyl (C=O) groups is 1. The molecule has 2 nitrogen and oxygen atoms in total. The quantitative estimate of drug-likeness (QED) is 0.275. The van der Waals surface area contributed by atoms with Gasteiger partial charge in [-0.25, -0.2) is 0 Å². The number of aliphatic hydroxyl groups is 1. The number of rotatable bonds is 9. The van der Waals surface area contributed by atoms with Crippen LogP contribution in [-0.2, 0) is 4.79 Å². The van der Waals surface area contributed by atoms with Crippen LogP contribution in [0.2, 0.25) is 0 Å². The molecular weight excluding hydrogens is 188 g/mol. The van der Waals surface area contributed by atoms with Crippen LogP contribution in [0.3, 0.4) is 0 Å². The molecule has 0 saturated heterocycles. The normalized spacial score (nSPS) is 12.9. The molecular formula is C13H22O2. The minimum Gasteiger partial charge on any atom is -0.393 e. The largest absolute Gasteiger partial charge is 0.393 e. The lowest BCUT2D eigenvalue weighted by molar-refractivity contribution is -0.105. The Balaban J connectivity index is 3.42. The van der Waals surface area contributed by atoms with Crippen molar-refractivity contribution in [2.75, 3.05) is 0 Å². The molecule has 15 heavy (non-hydrogen) atoms. The first kappa shape index (κ1) is 14.1. The van der Waals surface area contributed by atoms with Crippen LogP contribution in [0.5, 0.6) is 0 Å². The third-order valence-electron chi connectivity index (χ3n) is 2.19. The summed E-state index contributed by atoms with van der Waals surface area (Å²) < 4.78 is 0. The van der Waals surface area contributed by atoms with Crippen LogP contribution in [0.15, 0.2) is 24.3 Å². The van der Waals surface area contributed by atoms with Crippen molar-refractivity contribution in [2.24, 2.45) is 0 Å². The van der Waals surface area contributed by atoms with Gasteiger partial charge in [-0.3, -0.25) is 4.79 Å². The van der Waals surface area contributed by atoms with Gasteiger partial charge < -0.3 is 5.11 Å². The molecule has 1 atom stereocenters. The van der Waals surface area contributed by atoms with E-state index in [0.717, 1.165) is 25.7 Å². The third kappa shape index (κ3) is 9.42. The van der Waals surface area contributed by atoms with Crippen molar-refractivity contribution in [3.05, 3.63) is 24.3 Å². The van der Waals surface area contributed by atoms with E-state index in [1.54, 1.807) is 0 Å². The summed E-state index contributed by atoms with van der Waals surface area (Å²) in [7, 11) is 0. The highest BCUT2D eigenvalue weighted by Crippen LogP contribution is 2.09. The van der Waals surface area contributed by atoms with Gasteiger partial charge in [-0.1, -0.05) is 32.1 Å². The molecule has 0 aliphatic heterocycles. The Kier molecular flexibility index (Phi) is 9.08. The molecule has 2 heteroatoms. The van der Waals surface area contributed by atoms with Gasteiger partial charge in [0.2, 0.25) is 0 Å². The minimum atomic E-state index is -0.415. The molecule has 0 aromatic rings. The Morgan fingerprint density at radius 1 is 1.40 bits per heavy atom. The summed E-state index contributed by atoms with van der Waals surface area (Å²) in [6, 6.07) is 0. The molecule has 86 valence electrons. The van der Waals surface area contributed by atoms with E-state index in [9.17, 15) is 9.90 Å². The predicted molar refractivity (Wildman–Crippen MR) is 63.7 cm³/mol. The van der Waals surface area contributed by atoms with Gasteiger partial charge in [0, 0.05) is 6.42 Å². The Bertz CT molecular complexity index is 207. The highest BCUT2D eigenvalue weighted by atomic mass is 16.3. The summed E-state index contributed by atoms with van der Waals surface area (Å²) in [5.74, 6) is 0. The maximum atomic E-state index is 10.3. The summed E-state index contributed by atoms with van der Waals surface area (Å²) >= 11 is 0. The lowest BCUT2D eigenvalue weighted by Crippen LogP contribution is -2.07. The fourth-order valence-corrected chi connectivity index (χ4v) is 1.33. The van der Waals surface area contributed by atoms with E-state index in [4.69, 9.17) is 0 Å². The van der Waals surface area contributed by atoms with Gasteiger partial charge in [-0.05, 0) is 31.3 Å². The van der Waals surface area contributed by atoms with E-state index in [-0.39, 0.29) is 0 Å². The standard InChI is InChI=1S/C13H22O2/c1-3-4-5-6-7-8-9-13(15)10-12(2)11-14/h5-6,11,13,15H,2-4,7-10H2,1H3/b6-5+. The molecule has 1 unspecified atom stereocenters. The monoisotopic (exact) mass is 210 g/mol. The molecule has 0 aliphatic carbocycles. The average Bonchev–Trinajstić information content (AvgIpc) is 2.23. The number of allylic oxidation sites excluding steroid dienone is 2. The van der Waals surface area contributed by atoms with E-state index in [1.807, 2.05) is 0 Å². The predicted octanol–water partition coefficient (Wildman–Crippen LogP) is 3.02. The molecule has 0 aromatic carbocycles. The SMILES string of the molecule is C=C(C=O)CC(O)CCC/C=C/CCC. The van der Waals surface area contributed by atoms with Crippen molar-refractivity contribution in [2.45, 2.75) is 51.6 Å². The Morgan fingerprint density at radius 2 is 2.07 bits per heavy atom. The molecule has 0 spiro atoms. The molecule has 0 rings (SSSR count). The summed E-state index contributed by atoms with van der Waals surface area (Å²) in [6.07, 6.45) is 10.1. The molecule has 0 saturated carbocycles. The van der Waals surface area contributed by atoms with E-state index in [0.29, 0.717) is 18.3 Å². The van der Waals surface area contributed by atoms with Crippen molar-refractivity contribution in [1.29, 1.82) is 0 Å². The second kappa shape index (κ2) is 9.66. The summed E-state index contributed by atoms with van der Waals surface area (Å²) in [4.78, 5) is 10.3. The zero-order valence-corrected chi connectivity index (χ0v) is 9.61. The maximum Gasteiger partial charge on any atom is 0.145 e. The molecule has 0 heterocycles. The van der Waals surface area contributed by atoms with Crippen molar-refractivity contribution >= 4 is 6.29 Å². The van der Waals surface area contributed by atoms with Crippen molar-refractivity contribution in [3.8, 4) is 0 Å². The number of hydrogen-bond acceptors (Lipinski definition) is 2. The number of unbranched alkanes of at least 4 members (excludes halogenated alkanes) is 2. The van der Waals surface area contributed by atoms with Crippen LogP contribution in [0.1, 0.15) is 45.4 Å². The van der Waals surface area contributed by atoms with E-state index in [1.165, 1.54) is 6.42 Å². The third-order valence-corrected chi connectivity index (χ3v) is 2.19. The second-order valence-electron chi connectivity index (χ2n) is 3.83. The molecule has 0 aromatic heterocycles. The van der Waals surface area contributed by atoms with Gasteiger partial charge >= 0.3 is 0 Å². The van der Waals surface area contributed by atoms with Crippen LogP contribution >= 0.6 is 0 Å². The van der Waals surface area contributed by atoms with E-state index >= 15 is 0 Å². The first-order valence-electron chi connectivity index (χ1n) is 5.66. The van der Waals surface area contributed by atoms with Crippen molar-refractivity contribution < 1.29 is 9.90 Å². The van der Waals surface area contributed by atoms with Crippen LogP contribution in [0.25, 0.3) is 0 Å². The van der Waals surface area contributed by atoms with E-state index < -0.39 is 6.10 Å². The maximum absolute atomic E-state index is 10.3. The highest BCUT2D eigenvalue weighted by Gasteiger charge is 2.04. The number of hydrogen-bond donors (Lipinski definition) is 1. The van der Waals surface area contributed by atoms with Crippen LogP contribution in [-0.4, -0.2) is 17.5 Å². The van der Waals surface area contributed by atoms with Crippen molar-refractivity contribution in [1.82, 2.24) is 0 Å². The lowest BCUT2D eigenvalue weighted by atomic mass is 10.1. The van der Waals surface area contributed by atoms with E-state index in [2.05, 4.69) is 25.7 Å². The molecule has 0 amide bonds. The fourth-order valence-electron chi connectivity index (χ4n) is 1.33. The fraction of sp³-hybridized carbons (Fsp3) is 0.615. The smallest absolute Gasteiger partial charge is 0.145 e. The molecule has 0 bridgehead atoms. The van der Waals surface area contributed by atoms with Gasteiger partial charge in [0.15, 0.2) is 0 Å². The van der Waals surface area contributed by atoms with Gasteiger partial charge in [0.1, 0.15) is 6.29 Å². The Labute approximate surface area is 92.7 Å². The first-order chi connectivity index (χ1) is 7.20. The van der Waals surface area contributed by atoms with Gasteiger partial charge in [0.25, 0.3) is 0 Å². The highest BCUT2D eigenvalue weighted by molar-refractivity contribution is 5.71. The zero-order chi connectivity index (χ0) is 11.5. The zero-order valence-electron chi connectivity index (χ0n) is 9.61. The second-order valence-corrected chi connectivity index (χ2v) is 3.83. The van der Waals surface area contributed by atoms with Crippen molar-refractivity contribution in [3.63, 3.8) is 0 Å². The number of carbonyl (C=O) groups excluding carboxylic acids is 1. The first-order valence-corrected chi connectivity index (χ1v) is 5.66. The minimum absolute atomic E-state index is 0.405. The Morgan fingerprint density at radius 3 is 2.67 bits per heavy atom. The number of aldehydes is 1. The summed E-state index contributed by atoms with van der Waals surface area (Å²) in [6.45, 7) is 5.69. The summed E-state index contributed by atoms with van der Waals surface area (Å²) in [5, 5.41) is 9.51.